The number of hydrogen-bond acceptors (Lipinski definition) is 4. The van der Waals surface area contributed by atoms with E-state index in [0.717, 1.165) is 19.3 Å². The summed E-state index contributed by atoms with van der Waals surface area (Å²) in [6.07, 6.45) is 3.57. The molecule has 0 bridgehead atoms. The first-order chi connectivity index (χ1) is 16.5. The van der Waals surface area contributed by atoms with Crippen LogP contribution in [0.4, 0.5) is 4.79 Å². The molecule has 0 aliphatic heterocycles. The average Bonchev–Trinajstić information content (AvgIpc) is 3.13. The highest BCUT2D eigenvalue weighted by atomic mass is 16.5. The molecule has 0 unspecified atom stereocenters. The number of amides is 2. The number of fused-ring (bicyclic) bond motifs is 3. The molecule has 34 heavy (non-hydrogen) atoms. The van der Waals surface area contributed by atoms with Gasteiger partial charge in [0.15, 0.2) is 0 Å². The maximum absolute atomic E-state index is 12.6. The van der Waals surface area contributed by atoms with Crippen molar-refractivity contribution in [1.82, 2.24) is 10.6 Å². The third-order valence-corrected chi connectivity index (χ3v) is 7.54. The summed E-state index contributed by atoms with van der Waals surface area (Å²) < 4.78 is 5.66. The first-order valence-electron chi connectivity index (χ1n) is 12.1. The van der Waals surface area contributed by atoms with Crippen LogP contribution >= 0.6 is 0 Å². The highest BCUT2D eigenvalue weighted by Crippen LogP contribution is 2.44. The maximum Gasteiger partial charge on any atom is 0.407 e. The summed E-state index contributed by atoms with van der Waals surface area (Å²) in [6, 6.07) is 16.3. The second-order valence-electron chi connectivity index (χ2n) is 9.74. The van der Waals surface area contributed by atoms with Gasteiger partial charge < -0.3 is 20.5 Å². The van der Waals surface area contributed by atoms with E-state index in [0.29, 0.717) is 19.3 Å². The average molecular weight is 463 g/mol. The first kappa shape index (κ1) is 22.4. The minimum Gasteiger partial charge on any atom is -0.481 e. The summed E-state index contributed by atoms with van der Waals surface area (Å²) in [5.74, 6) is -1.33. The molecule has 2 atom stereocenters. The quantitative estimate of drug-likeness (QED) is 0.600. The number of rotatable bonds is 6. The molecule has 3 aliphatic carbocycles. The maximum atomic E-state index is 12.6. The van der Waals surface area contributed by atoms with Crippen LogP contribution in [-0.2, 0) is 14.3 Å². The fourth-order valence-corrected chi connectivity index (χ4v) is 5.62. The third-order valence-electron chi connectivity index (χ3n) is 7.54. The molecule has 0 aromatic heterocycles. The Hall–Kier alpha value is -3.35. The van der Waals surface area contributed by atoms with Gasteiger partial charge >= 0.3 is 12.1 Å². The minimum absolute atomic E-state index is 0.0140. The molecule has 0 radical (unpaired) electrons. The Morgan fingerprint density at radius 2 is 1.44 bits per heavy atom. The summed E-state index contributed by atoms with van der Waals surface area (Å²) in [5.41, 5.74) is 4.72. The lowest BCUT2D eigenvalue weighted by Gasteiger charge is -2.35. The summed E-state index contributed by atoms with van der Waals surface area (Å²) in [7, 11) is 0. The molecular formula is C27H30N2O5. The van der Waals surface area contributed by atoms with Crippen LogP contribution in [0, 0.1) is 11.8 Å². The van der Waals surface area contributed by atoms with E-state index in [1.165, 1.54) is 22.3 Å². The Kier molecular flexibility index (Phi) is 6.26. The van der Waals surface area contributed by atoms with E-state index in [1.54, 1.807) is 0 Å². The first-order valence-corrected chi connectivity index (χ1v) is 12.1. The molecule has 2 fully saturated rings. The second-order valence-corrected chi connectivity index (χ2v) is 9.74. The van der Waals surface area contributed by atoms with Gasteiger partial charge in [0.1, 0.15) is 6.61 Å². The summed E-state index contributed by atoms with van der Waals surface area (Å²) in [6.45, 7) is 0.267. The molecule has 7 nitrogen and oxygen atoms in total. The van der Waals surface area contributed by atoms with Crippen molar-refractivity contribution in [1.29, 1.82) is 0 Å². The zero-order valence-corrected chi connectivity index (χ0v) is 19.0. The number of aliphatic carboxylic acids is 1. The lowest BCUT2D eigenvalue weighted by Crippen LogP contribution is -2.50. The number of hydrogen-bond donors (Lipinski definition) is 3. The SMILES string of the molecule is O=C(N[C@@H]1CCC[C@@H](C(=O)NC2CC(C(=O)O)C2)C1)OCC1c2ccccc2-c2ccccc21. The van der Waals surface area contributed by atoms with Gasteiger partial charge in [-0.15, -0.1) is 0 Å². The van der Waals surface area contributed by atoms with Gasteiger partial charge in [0.25, 0.3) is 0 Å². The molecule has 0 heterocycles. The van der Waals surface area contributed by atoms with Crippen molar-refractivity contribution in [2.45, 2.75) is 56.5 Å². The number of carbonyl (C=O) groups is 3. The molecule has 178 valence electrons. The van der Waals surface area contributed by atoms with E-state index in [4.69, 9.17) is 9.84 Å². The zero-order chi connectivity index (χ0) is 23.7. The number of benzene rings is 2. The fourth-order valence-electron chi connectivity index (χ4n) is 5.62. The Bertz CT molecular complexity index is 1050. The summed E-state index contributed by atoms with van der Waals surface area (Å²) >= 11 is 0. The lowest BCUT2D eigenvalue weighted by atomic mass is 9.79. The van der Waals surface area contributed by atoms with E-state index in [9.17, 15) is 14.4 Å². The standard InChI is InChI=1S/C27H30N2O5/c30-25(28-19-13-17(14-19)26(31)32)16-6-5-7-18(12-16)29-27(33)34-15-24-22-10-3-1-8-20(22)21-9-2-4-11-23(21)24/h1-4,8-11,16-19,24H,5-7,12-15H2,(H,28,30)(H,29,33)(H,31,32)/t16-,17?,18-,19?/m1/s1. The van der Waals surface area contributed by atoms with Gasteiger partial charge in [0, 0.05) is 23.9 Å². The monoisotopic (exact) mass is 462 g/mol. The Labute approximate surface area is 198 Å². The molecule has 2 aromatic rings. The normalized spacial score (nSPS) is 25.4. The van der Waals surface area contributed by atoms with Crippen LogP contribution in [0.2, 0.25) is 0 Å². The molecular weight excluding hydrogens is 432 g/mol. The second kappa shape index (κ2) is 9.49. The van der Waals surface area contributed by atoms with E-state index in [2.05, 4.69) is 34.9 Å². The van der Waals surface area contributed by atoms with Crippen molar-refractivity contribution in [3.63, 3.8) is 0 Å². The predicted molar refractivity (Wildman–Crippen MR) is 126 cm³/mol. The molecule has 2 aromatic carbocycles. The highest BCUT2D eigenvalue weighted by molar-refractivity contribution is 5.80. The van der Waals surface area contributed by atoms with Crippen LogP contribution in [0.15, 0.2) is 48.5 Å². The van der Waals surface area contributed by atoms with E-state index in [-0.39, 0.29) is 42.4 Å². The Morgan fingerprint density at radius 1 is 0.824 bits per heavy atom. The van der Waals surface area contributed by atoms with Gasteiger partial charge in [0.05, 0.1) is 5.92 Å². The van der Waals surface area contributed by atoms with Gasteiger partial charge in [-0.1, -0.05) is 55.0 Å². The lowest BCUT2D eigenvalue weighted by molar-refractivity contribution is -0.146. The molecule has 0 saturated heterocycles. The number of carboxylic acid groups (broad SMARTS) is 1. The van der Waals surface area contributed by atoms with Crippen molar-refractivity contribution in [2.75, 3.05) is 6.61 Å². The van der Waals surface area contributed by atoms with Gasteiger partial charge in [-0.2, -0.15) is 0 Å². The molecule has 3 aliphatic rings. The Morgan fingerprint density at radius 3 is 2.09 bits per heavy atom. The molecule has 2 saturated carbocycles. The van der Waals surface area contributed by atoms with Gasteiger partial charge in [0.2, 0.25) is 5.91 Å². The van der Waals surface area contributed by atoms with Crippen molar-refractivity contribution in [2.24, 2.45) is 11.8 Å². The number of carbonyl (C=O) groups excluding carboxylic acids is 2. The molecule has 5 rings (SSSR count). The molecule has 2 amide bonds. The van der Waals surface area contributed by atoms with E-state index in [1.807, 2.05) is 24.3 Å². The van der Waals surface area contributed by atoms with Crippen LogP contribution in [-0.4, -0.2) is 41.8 Å². The van der Waals surface area contributed by atoms with Gasteiger partial charge in [-0.3, -0.25) is 9.59 Å². The van der Waals surface area contributed by atoms with Crippen LogP contribution in [0.25, 0.3) is 11.1 Å². The third kappa shape index (κ3) is 4.52. The zero-order valence-electron chi connectivity index (χ0n) is 19.0. The van der Waals surface area contributed by atoms with E-state index >= 15 is 0 Å². The van der Waals surface area contributed by atoms with Crippen molar-refractivity contribution in [3.8, 4) is 11.1 Å². The molecule has 7 heteroatoms. The van der Waals surface area contributed by atoms with Crippen LogP contribution in [0.3, 0.4) is 0 Å². The number of nitrogens with one attached hydrogen (secondary N) is 2. The number of carboxylic acids is 1. The molecule has 0 spiro atoms. The highest BCUT2D eigenvalue weighted by Gasteiger charge is 2.37. The Balaban J connectivity index is 1.12. The van der Waals surface area contributed by atoms with Gasteiger partial charge in [-0.05, 0) is 54.4 Å². The van der Waals surface area contributed by atoms with E-state index < -0.39 is 12.1 Å². The smallest absolute Gasteiger partial charge is 0.407 e. The van der Waals surface area contributed by atoms with Crippen molar-refractivity contribution < 1.29 is 24.2 Å². The van der Waals surface area contributed by atoms with Crippen LogP contribution < -0.4 is 10.6 Å². The molecule has 3 N–H and O–H groups in total. The summed E-state index contributed by atoms with van der Waals surface area (Å²) in [5, 5.41) is 14.9. The van der Waals surface area contributed by atoms with Crippen molar-refractivity contribution in [3.05, 3.63) is 59.7 Å². The largest absolute Gasteiger partial charge is 0.481 e. The summed E-state index contributed by atoms with van der Waals surface area (Å²) in [4.78, 5) is 36.2. The topological polar surface area (TPSA) is 105 Å². The van der Waals surface area contributed by atoms with Crippen LogP contribution in [0.5, 0.6) is 0 Å². The number of alkyl carbamates (subject to hydrolysis) is 1. The van der Waals surface area contributed by atoms with Crippen LogP contribution in [0.1, 0.15) is 55.6 Å². The predicted octanol–water partition coefficient (Wildman–Crippen LogP) is 4.06. The van der Waals surface area contributed by atoms with Crippen molar-refractivity contribution >= 4 is 18.0 Å². The minimum atomic E-state index is -0.796. The number of ether oxygens (including phenoxy) is 1. The fraction of sp³-hybridized carbons (Fsp3) is 0.444. The van der Waals surface area contributed by atoms with Gasteiger partial charge in [-0.25, -0.2) is 4.79 Å².